The summed E-state index contributed by atoms with van der Waals surface area (Å²) in [6, 6.07) is 0.280. The van der Waals surface area contributed by atoms with Gasteiger partial charge in [0.05, 0.1) is 5.60 Å². The van der Waals surface area contributed by atoms with Crippen LogP contribution in [0.1, 0.15) is 45.5 Å². The van der Waals surface area contributed by atoms with Crippen LogP contribution in [0, 0.1) is 5.92 Å². The molecule has 102 valence electrons. The average Bonchev–Trinajstić information content (AvgIpc) is 2.78. The first-order valence-corrected chi connectivity index (χ1v) is 6.82. The van der Waals surface area contributed by atoms with Crippen LogP contribution in [0.15, 0.2) is 6.33 Å². The fourth-order valence-electron chi connectivity index (χ4n) is 2.68. The predicted molar refractivity (Wildman–Crippen MR) is 70.3 cm³/mol. The van der Waals surface area contributed by atoms with Gasteiger partial charge in [-0.1, -0.05) is 0 Å². The van der Waals surface area contributed by atoms with Gasteiger partial charge in [0.2, 0.25) is 0 Å². The molecule has 1 fully saturated rings. The third-order valence-electron chi connectivity index (χ3n) is 3.83. The van der Waals surface area contributed by atoms with Crippen LogP contribution in [-0.4, -0.2) is 38.6 Å². The van der Waals surface area contributed by atoms with Gasteiger partial charge in [0.25, 0.3) is 0 Å². The maximum Gasteiger partial charge on any atom is 0.138 e. The van der Waals surface area contributed by atoms with Crippen LogP contribution in [0.5, 0.6) is 0 Å². The van der Waals surface area contributed by atoms with E-state index in [9.17, 15) is 5.11 Å². The van der Waals surface area contributed by atoms with Gasteiger partial charge in [0.1, 0.15) is 12.2 Å². The van der Waals surface area contributed by atoms with Crippen LogP contribution in [0.2, 0.25) is 0 Å². The molecule has 2 heterocycles. The van der Waals surface area contributed by atoms with Gasteiger partial charge in [-0.25, -0.2) is 9.67 Å². The SMILES string of the molecule is CC(C)n1ncnc1CC(C)(O)C1CCCNC1. The summed E-state index contributed by atoms with van der Waals surface area (Å²) in [7, 11) is 0. The third kappa shape index (κ3) is 2.90. The normalized spacial score (nSPS) is 24.2. The molecule has 0 radical (unpaired) electrons. The lowest BCUT2D eigenvalue weighted by Crippen LogP contribution is -2.46. The molecular formula is C13H24N4O. The number of aliphatic hydroxyl groups is 1. The average molecular weight is 252 g/mol. The summed E-state index contributed by atoms with van der Waals surface area (Å²) in [5.41, 5.74) is -0.715. The first kappa shape index (κ1) is 13.5. The Morgan fingerprint density at radius 2 is 2.39 bits per heavy atom. The highest BCUT2D eigenvalue weighted by Crippen LogP contribution is 2.27. The van der Waals surface area contributed by atoms with E-state index in [-0.39, 0.29) is 6.04 Å². The van der Waals surface area contributed by atoms with Gasteiger partial charge in [-0.15, -0.1) is 0 Å². The Morgan fingerprint density at radius 3 is 3.00 bits per heavy atom. The first-order chi connectivity index (χ1) is 8.50. The van der Waals surface area contributed by atoms with Crippen molar-refractivity contribution in [2.24, 2.45) is 5.92 Å². The Kier molecular flexibility index (Phi) is 4.02. The van der Waals surface area contributed by atoms with E-state index in [1.54, 1.807) is 6.33 Å². The Hall–Kier alpha value is -0.940. The minimum atomic E-state index is -0.715. The highest BCUT2D eigenvalue weighted by molar-refractivity contribution is 4.98. The van der Waals surface area contributed by atoms with Crippen LogP contribution in [-0.2, 0) is 6.42 Å². The van der Waals surface area contributed by atoms with Crippen molar-refractivity contribution in [3.63, 3.8) is 0 Å². The minimum absolute atomic E-state index is 0.280. The largest absolute Gasteiger partial charge is 0.389 e. The lowest BCUT2D eigenvalue weighted by atomic mass is 9.81. The summed E-state index contributed by atoms with van der Waals surface area (Å²) >= 11 is 0. The van der Waals surface area contributed by atoms with E-state index in [0.29, 0.717) is 12.3 Å². The molecule has 0 bridgehead atoms. The van der Waals surface area contributed by atoms with E-state index < -0.39 is 5.60 Å². The molecule has 0 aromatic carbocycles. The number of aromatic nitrogens is 3. The number of rotatable bonds is 4. The topological polar surface area (TPSA) is 63.0 Å². The second-order valence-electron chi connectivity index (χ2n) is 5.79. The molecule has 2 rings (SSSR count). The maximum atomic E-state index is 10.7. The number of piperidine rings is 1. The molecule has 5 nitrogen and oxygen atoms in total. The summed E-state index contributed by atoms with van der Waals surface area (Å²) in [6.45, 7) is 8.03. The van der Waals surface area contributed by atoms with E-state index >= 15 is 0 Å². The summed E-state index contributed by atoms with van der Waals surface area (Å²) < 4.78 is 1.89. The summed E-state index contributed by atoms with van der Waals surface area (Å²) in [5.74, 6) is 1.17. The van der Waals surface area contributed by atoms with E-state index in [1.165, 1.54) is 0 Å². The van der Waals surface area contributed by atoms with Gasteiger partial charge in [0, 0.05) is 24.9 Å². The Balaban J connectivity index is 2.08. The molecular weight excluding hydrogens is 228 g/mol. The van der Waals surface area contributed by atoms with Gasteiger partial charge in [-0.3, -0.25) is 0 Å². The zero-order chi connectivity index (χ0) is 13.2. The van der Waals surface area contributed by atoms with Gasteiger partial charge in [-0.2, -0.15) is 5.10 Å². The van der Waals surface area contributed by atoms with Crippen LogP contribution in [0.3, 0.4) is 0 Å². The number of hydrogen-bond donors (Lipinski definition) is 2. The van der Waals surface area contributed by atoms with Crippen LogP contribution < -0.4 is 5.32 Å². The van der Waals surface area contributed by atoms with E-state index in [2.05, 4.69) is 29.2 Å². The number of nitrogens with zero attached hydrogens (tertiary/aromatic N) is 3. The summed E-state index contributed by atoms with van der Waals surface area (Å²) in [6.07, 6.45) is 4.36. The lowest BCUT2D eigenvalue weighted by molar-refractivity contribution is -0.0127. The highest BCUT2D eigenvalue weighted by Gasteiger charge is 2.34. The zero-order valence-corrected chi connectivity index (χ0v) is 11.6. The monoisotopic (exact) mass is 252 g/mol. The van der Waals surface area contributed by atoms with Crippen molar-refractivity contribution >= 4 is 0 Å². The minimum Gasteiger partial charge on any atom is -0.389 e. The van der Waals surface area contributed by atoms with Crippen molar-refractivity contribution in [2.45, 2.75) is 51.7 Å². The molecule has 5 heteroatoms. The molecule has 0 amide bonds. The molecule has 2 N–H and O–H groups in total. The molecule has 1 aliphatic heterocycles. The Morgan fingerprint density at radius 1 is 1.61 bits per heavy atom. The third-order valence-corrected chi connectivity index (χ3v) is 3.83. The van der Waals surface area contributed by atoms with Crippen molar-refractivity contribution in [3.05, 3.63) is 12.2 Å². The lowest BCUT2D eigenvalue weighted by Gasteiger charge is -2.35. The van der Waals surface area contributed by atoms with Crippen molar-refractivity contribution in [1.29, 1.82) is 0 Å². The van der Waals surface area contributed by atoms with Gasteiger partial charge < -0.3 is 10.4 Å². The fraction of sp³-hybridized carbons (Fsp3) is 0.846. The van der Waals surface area contributed by atoms with Crippen LogP contribution in [0.25, 0.3) is 0 Å². The van der Waals surface area contributed by atoms with Crippen molar-refractivity contribution in [1.82, 2.24) is 20.1 Å². The molecule has 0 saturated carbocycles. The molecule has 1 aromatic heterocycles. The molecule has 0 aliphatic carbocycles. The second-order valence-corrected chi connectivity index (χ2v) is 5.79. The standard InChI is InChI=1S/C13H24N4O/c1-10(2)17-12(15-9-16-17)7-13(3,18)11-5-4-6-14-8-11/h9-11,14,18H,4-8H2,1-3H3. The Labute approximate surface area is 109 Å². The van der Waals surface area contributed by atoms with Crippen LogP contribution in [0.4, 0.5) is 0 Å². The van der Waals surface area contributed by atoms with Gasteiger partial charge in [0.15, 0.2) is 0 Å². The van der Waals surface area contributed by atoms with E-state index in [4.69, 9.17) is 0 Å². The molecule has 18 heavy (non-hydrogen) atoms. The molecule has 2 atom stereocenters. The number of hydrogen-bond acceptors (Lipinski definition) is 4. The quantitative estimate of drug-likeness (QED) is 0.844. The summed E-state index contributed by atoms with van der Waals surface area (Å²) in [5, 5.41) is 18.3. The van der Waals surface area contributed by atoms with Crippen molar-refractivity contribution in [3.8, 4) is 0 Å². The molecule has 0 spiro atoms. The first-order valence-electron chi connectivity index (χ1n) is 6.82. The second kappa shape index (κ2) is 5.36. The number of nitrogens with one attached hydrogen (secondary N) is 1. The van der Waals surface area contributed by atoms with Gasteiger partial charge in [-0.05, 0) is 40.2 Å². The Bertz CT molecular complexity index is 380. The molecule has 1 aliphatic rings. The summed E-state index contributed by atoms with van der Waals surface area (Å²) in [4.78, 5) is 4.29. The molecule has 1 aromatic rings. The van der Waals surface area contributed by atoms with Crippen molar-refractivity contribution in [2.75, 3.05) is 13.1 Å². The van der Waals surface area contributed by atoms with E-state index in [1.807, 2.05) is 11.6 Å². The van der Waals surface area contributed by atoms with Crippen LogP contribution >= 0.6 is 0 Å². The van der Waals surface area contributed by atoms with Gasteiger partial charge >= 0.3 is 0 Å². The predicted octanol–water partition coefficient (Wildman–Crippen LogP) is 1.15. The molecule has 2 unspecified atom stereocenters. The van der Waals surface area contributed by atoms with Crippen molar-refractivity contribution < 1.29 is 5.11 Å². The van der Waals surface area contributed by atoms with E-state index in [0.717, 1.165) is 31.8 Å². The molecule has 1 saturated heterocycles. The zero-order valence-electron chi connectivity index (χ0n) is 11.6. The fourth-order valence-corrected chi connectivity index (χ4v) is 2.68. The highest BCUT2D eigenvalue weighted by atomic mass is 16.3. The maximum absolute atomic E-state index is 10.7. The smallest absolute Gasteiger partial charge is 0.138 e.